The van der Waals surface area contributed by atoms with Crippen molar-refractivity contribution in [1.29, 1.82) is 0 Å². The average molecular weight is 373 g/mol. The Morgan fingerprint density at radius 1 is 0.963 bits per heavy atom. The van der Waals surface area contributed by atoms with Gasteiger partial charge in [-0.25, -0.2) is 0 Å². The van der Waals surface area contributed by atoms with Crippen molar-refractivity contribution >= 4 is 5.91 Å². The van der Waals surface area contributed by atoms with E-state index < -0.39 is 0 Å². The predicted octanol–water partition coefficient (Wildman–Crippen LogP) is 4.05. The minimum atomic E-state index is -0.0718. The molecular formula is C22H31NO4. The van der Waals surface area contributed by atoms with Crippen molar-refractivity contribution in [2.24, 2.45) is 23.2 Å². The summed E-state index contributed by atoms with van der Waals surface area (Å²) >= 11 is 0. The number of ether oxygens (including phenoxy) is 3. The number of hydrogen-bond acceptors (Lipinski definition) is 4. The Labute approximate surface area is 161 Å². The third-order valence-corrected chi connectivity index (χ3v) is 7.28. The SMILES string of the molecule is COc1cc(C(=O)N[C@@H](C)C23CC4CC(CC(C4)C2)C3)cc(OC)c1OC. The van der Waals surface area contributed by atoms with Crippen LogP contribution in [-0.4, -0.2) is 33.3 Å². The number of carbonyl (C=O) groups excluding carboxylic acids is 1. The number of hydrogen-bond donors (Lipinski definition) is 1. The molecule has 1 aromatic rings. The fourth-order valence-electron chi connectivity index (χ4n) is 6.35. The molecule has 4 bridgehead atoms. The van der Waals surface area contributed by atoms with Crippen LogP contribution >= 0.6 is 0 Å². The molecule has 4 saturated carbocycles. The largest absolute Gasteiger partial charge is 0.493 e. The lowest BCUT2D eigenvalue weighted by Gasteiger charge is -2.59. The molecule has 5 nitrogen and oxygen atoms in total. The molecule has 4 aliphatic carbocycles. The zero-order valence-corrected chi connectivity index (χ0v) is 16.8. The maximum atomic E-state index is 13.0. The highest BCUT2D eigenvalue weighted by Crippen LogP contribution is 2.61. The number of methoxy groups -OCH3 is 3. The highest BCUT2D eigenvalue weighted by atomic mass is 16.5. The molecule has 148 valence electrons. The fraction of sp³-hybridized carbons (Fsp3) is 0.682. The predicted molar refractivity (Wildman–Crippen MR) is 104 cm³/mol. The van der Waals surface area contributed by atoms with Gasteiger partial charge < -0.3 is 19.5 Å². The summed E-state index contributed by atoms with van der Waals surface area (Å²) in [7, 11) is 4.70. The summed E-state index contributed by atoms with van der Waals surface area (Å²) in [4.78, 5) is 13.0. The molecule has 0 saturated heterocycles. The number of nitrogens with one attached hydrogen (secondary N) is 1. The first-order valence-corrected chi connectivity index (χ1v) is 10.1. The third kappa shape index (κ3) is 3.15. The van der Waals surface area contributed by atoms with E-state index in [1.165, 1.54) is 38.5 Å². The van der Waals surface area contributed by atoms with Gasteiger partial charge in [0.1, 0.15) is 0 Å². The molecule has 1 amide bonds. The molecule has 0 radical (unpaired) electrons. The zero-order valence-electron chi connectivity index (χ0n) is 16.8. The number of carbonyl (C=O) groups is 1. The lowest BCUT2D eigenvalue weighted by molar-refractivity contribution is -0.0688. The van der Waals surface area contributed by atoms with Crippen LogP contribution in [0.15, 0.2) is 12.1 Å². The molecular weight excluding hydrogens is 342 g/mol. The van der Waals surface area contributed by atoms with Crippen LogP contribution < -0.4 is 19.5 Å². The van der Waals surface area contributed by atoms with Crippen LogP contribution in [-0.2, 0) is 0 Å². The van der Waals surface area contributed by atoms with Gasteiger partial charge in [0.05, 0.1) is 21.3 Å². The van der Waals surface area contributed by atoms with E-state index in [1.807, 2.05) is 0 Å². The van der Waals surface area contributed by atoms with Crippen molar-refractivity contribution in [2.75, 3.05) is 21.3 Å². The van der Waals surface area contributed by atoms with E-state index in [0.717, 1.165) is 17.8 Å². The molecule has 1 aromatic carbocycles. The van der Waals surface area contributed by atoms with Gasteiger partial charge >= 0.3 is 0 Å². The second-order valence-electron chi connectivity index (χ2n) is 8.89. The van der Waals surface area contributed by atoms with Crippen LogP contribution in [0.4, 0.5) is 0 Å². The quantitative estimate of drug-likeness (QED) is 0.817. The van der Waals surface area contributed by atoms with Crippen molar-refractivity contribution in [3.05, 3.63) is 17.7 Å². The molecule has 0 aliphatic heterocycles. The van der Waals surface area contributed by atoms with E-state index in [-0.39, 0.29) is 17.4 Å². The highest BCUT2D eigenvalue weighted by molar-refractivity contribution is 5.95. The third-order valence-electron chi connectivity index (χ3n) is 7.28. The molecule has 0 aromatic heterocycles. The van der Waals surface area contributed by atoms with Gasteiger partial charge in [-0.05, 0) is 80.8 Å². The van der Waals surface area contributed by atoms with Crippen molar-refractivity contribution in [3.63, 3.8) is 0 Å². The van der Waals surface area contributed by atoms with E-state index in [9.17, 15) is 4.79 Å². The van der Waals surface area contributed by atoms with Crippen LogP contribution in [0.2, 0.25) is 0 Å². The van der Waals surface area contributed by atoms with Crippen molar-refractivity contribution in [1.82, 2.24) is 5.32 Å². The minimum Gasteiger partial charge on any atom is -0.493 e. The van der Waals surface area contributed by atoms with Crippen LogP contribution in [0.25, 0.3) is 0 Å². The van der Waals surface area contributed by atoms with Crippen LogP contribution in [0.3, 0.4) is 0 Å². The Kier molecular flexibility index (Phi) is 4.73. The molecule has 0 unspecified atom stereocenters. The number of rotatable bonds is 6. The highest BCUT2D eigenvalue weighted by Gasteiger charge is 2.53. The van der Waals surface area contributed by atoms with E-state index in [4.69, 9.17) is 14.2 Å². The lowest BCUT2D eigenvalue weighted by Crippen LogP contribution is -2.55. The van der Waals surface area contributed by atoms with Crippen molar-refractivity contribution in [2.45, 2.75) is 51.5 Å². The molecule has 5 rings (SSSR count). The minimum absolute atomic E-state index is 0.0718. The van der Waals surface area contributed by atoms with Crippen LogP contribution in [0.5, 0.6) is 17.2 Å². The van der Waals surface area contributed by atoms with Gasteiger partial charge in [-0.1, -0.05) is 0 Å². The lowest BCUT2D eigenvalue weighted by atomic mass is 9.48. The van der Waals surface area contributed by atoms with E-state index in [0.29, 0.717) is 22.8 Å². The summed E-state index contributed by atoms with van der Waals surface area (Å²) in [6, 6.07) is 3.63. The average Bonchev–Trinajstić information content (AvgIpc) is 2.65. The van der Waals surface area contributed by atoms with Gasteiger partial charge in [0.2, 0.25) is 5.75 Å². The van der Waals surface area contributed by atoms with Gasteiger partial charge in [0.15, 0.2) is 11.5 Å². The molecule has 4 fully saturated rings. The summed E-state index contributed by atoms with van der Waals surface area (Å²) in [6.45, 7) is 2.20. The van der Waals surface area contributed by atoms with E-state index >= 15 is 0 Å². The number of benzene rings is 1. The molecule has 1 atom stereocenters. The van der Waals surface area contributed by atoms with Gasteiger partial charge in [-0.3, -0.25) is 4.79 Å². The first-order valence-electron chi connectivity index (χ1n) is 10.1. The Morgan fingerprint density at radius 3 is 1.85 bits per heavy atom. The topological polar surface area (TPSA) is 56.8 Å². The van der Waals surface area contributed by atoms with E-state index in [1.54, 1.807) is 33.5 Å². The Hall–Kier alpha value is -1.91. The Morgan fingerprint density at radius 2 is 1.44 bits per heavy atom. The molecule has 1 N–H and O–H groups in total. The summed E-state index contributed by atoms with van der Waals surface area (Å²) in [5.74, 6) is 4.06. The van der Waals surface area contributed by atoms with E-state index in [2.05, 4.69) is 12.2 Å². The Bertz CT molecular complexity index is 669. The van der Waals surface area contributed by atoms with Crippen LogP contribution in [0, 0.1) is 23.2 Å². The molecule has 5 heteroatoms. The van der Waals surface area contributed by atoms with Crippen LogP contribution in [0.1, 0.15) is 55.8 Å². The summed E-state index contributed by atoms with van der Waals surface area (Å²) in [5, 5.41) is 3.30. The number of amides is 1. The molecule has 4 aliphatic rings. The van der Waals surface area contributed by atoms with Gasteiger partial charge in [-0.2, -0.15) is 0 Å². The first-order chi connectivity index (χ1) is 13.0. The monoisotopic (exact) mass is 373 g/mol. The first kappa shape index (κ1) is 18.5. The molecule has 0 spiro atoms. The standard InChI is InChI=1S/C22H31NO4/c1-13(22-10-14-5-15(11-22)7-16(6-14)12-22)23-21(24)17-8-18(25-2)20(27-4)19(9-17)26-3/h8-9,13-16H,5-7,10-12H2,1-4H3,(H,23,24)/t13-,14?,15?,16?,22?/m0/s1. The van der Waals surface area contributed by atoms with Gasteiger partial charge in [-0.15, -0.1) is 0 Å². The Balaban J connectivity index is 1.54. The second-order valence-corrected chi connectivity index (χ2v) is 8.89. The second kappa shape index (κ2) is 6.92. The summed E-state index contributed by atoms with van der Waals surface area (Å²) in [6.07, 6.45) is 8.05. The van der Waals surface area contributed by atoms with Gasteiger partial charge in [0, 0.05) is 11.6 Å². The normalized spacial score (nSPS) is 32.1. The smallest absolute Gasteiger partial charge is 0.251 e. The molecule has 0 heterocycles. The van der Waals surface area contributed by atoms with Gasteiger partial charge in [0.25, 0.3) is 5.91 Å². The van der Waals surface area contributed by atoms with Crippen molar-refractivity contribution < 1.29 is 19.0 Å². The molecule has 27 heavy (non-hydrogen) atoms. The maximum Gasteiger partial charge on any atom is 0.251 e. The summed E-state index contributed by atoms with van der Waals surface area (Å²) in [5.41, 5.74) is 0.825. The maximum absolute atomic E-state index is 13.0. The fourth-order valence-corrected chi connectivity index (χ4v) is 6.35. The summed E-state index contributed by atoms with van der Waals surface area (Å²) < 4.78 is 16.1. The zero-order chi connectivity index (χ0) is 19.2. The van der Waals surface area contributed by atoms with Crippen molar-refractivity contribution in [3.8, 4) is 17.2 Å².